The van der Waals surface area contributed by atoms with E-state index < -0.39 is 12.0 Å². The fourth-order valence-electron chi connectivity index (χ4n) is 1.94. The van der Waals surface area contributed by atoms with E-state index in [0.29, 0.717) is 13.2 Å². The molecule has 1 heterocycles. The Hall–Kier alpha value is -0.650. The van der Waals surface area contributed by atoms with Crippen LogP contribution in [-0.2, 0) is 9.53 Å². The Balaban J connectivity index is 2.40. The zero-order valence-electron chi connectivity index (χ0n) is 10.2. The molecule has 0 radical (unpaired) electrons. The van der Waals surface area contributed by atoms with Gasteiger partial charge in [0.2, 0.25) is 0 Å². The number of likely N-dealkylation sites (N-methyl/N-ethyl adjacent to an activating group) is 1. The van der Waals surface area contributed by atoms with E-state index in [1.54, 1.807) is 0 Å². The molecule has 1 fully saturated rings. The summed E-state index contributed by atoms with van der Waals surface area (Å²) in [4.78, 5) is 15.3. The number of nitrogens with zero attached hydrogens (tertiary/aromatic N) is 2. The first-order valence-electron chi connectivity index (χ1n) is 5.96. The Labute approximate surface area is 97.0 Å². The number of ether oxygens (including phenoxy) is 1. The quantitative estimate of drug-likeness (QED) is 0.702. The molecule has 0 aromatic rings. The molecule has 0 saturated carbocycles. The van der Waals surface area contributed by atoms with Crippen molar-refractivity contribution in [3.8, 4) is 0 Å². The summed E-state index contributed by atoms with van der Waals surface area (Å²) in [6, 6.07) is -0.468. The Morgan fingerprint density at radius 3 is 2.75 bits per heavy atom. The second-order valence-electron chi connectivity index (χ2n) is 3.99. The zero-order chi connectivity index (χ0) is 12.0. The Bertz CT molecular complexity index is 219. The molecule has 5 nitrogen and oxygen atoms in total. The SMILES string of the molecule is CCN(CC)CCN1CCOCC1C(=O)O. The average Bonchev–Trinajstić information content (AvgIpc) is 2.30. The minimum absolute atomic E-state index is 0.313. The number of carboxylic acid groups (broad SMARTS) is 1. The monoisotopic (exact) mass is 230 g/mol. The number of aliphatic carboxylic acids is 1. The highest BCUT2D eigenvalue weighted by Gasteiger charge is 2.28. The predicted molar refractivity (Wildman–Crippen MR) is 61.6 cm³/mol. The lowest BCUT2D eigenvalue weighted by atomic mass is 10.2. The molecule has 1 unspecified atom stereocenters. The van der Waals surface area contributed by atoms with Gasteiger partial charge in [-0.25, -0.2) is 0 Å². The van der Waals surface area contributed by atoms with Crippen molar-refractivity contribution in [3.05, 3.63) is 0 Å². The van der Waals surface area contributed by atoms with Gasteiger partial charge < -0.3 is 14.7 Å². The number of carboxylic acids is 1. The van der Waals surface area contributed by atoms with Gasteiger partial charge in [0, 0.05) is 19.6 Å². The molecule has 0 aliphatic carbocycles. The summed E-state index contributed by atoms with van der Waals surface area (Å²) in [5.74, 6) is -0.778. The molecule has 1 aliphatic heterocycles. The molecule has 0 amide bonds. The number of morpholine rings is 1. The lowest BCUT2D eigenvalue weighted by Gasteiger charge is -2.34. The fraction of sp³-hybridized carbons (Fsp3) is 0.909. The lowest BCUT2D eigenvalue weighted by Crippen LogP contribution is -2.52. The van der Waals surface area contributed by atoms with Gasteiger partial charge in [0.1, 0.15) is 6.04 Å². The van der Waals surface area contributed by atoms with Gasteiger partial charge in [-0.1, -0.05) is 13.8 Å². The van der Waals surface area contributed by atoms with Crippen LogP contribution in [0, 0.1) is 0 Å². The van der Waals surface area contributed by atoms with Gasteiger partial charge in [-0.3, -0.25) is 9.69 Å². The summed E-state index contributed by atoms with van der Waals surface area (Å²) in [5, 5.41) is 9.05. The predicted octanol–water partition coefficient (Wildman–Crippen LogP) is 0.114. The number of hydrogen-bond acceptors (Lipinski definition) is 4. The van der Waals surface area contributed by atoms with Gasteiger partial charge >= 0.3 is 5.97 Å². The molecule has 0 spiro atoms. The van der Waals surface area contributed by atoms with Crippen molar-refractivity contribution in [1.82, 2.24) is 9.80 Å². The highest BCUT2D eigenvalue weighted by Crippen LogP contribution is 2.07. The van der Waals surface area contributed by atoms with E-state index in [9.17, 15) is 4.79 Å². The van der Waals surface area contributed by atoms with Crippen molar-refractivity contribution < 1.29 is 14.6 Å². The van der Waals surface area contributed by atoms with E-state index in [1.165, 1.54) is 0 Å². The molecule has 16 heavy (non-hydrogen) atoms. The van der Waals surface area contributed by atoms with Gasteiger partial charge in [-0.15, -0.1) is 0 Å². The molecule has 1 aliphatic rings. The molecule has 1 rings (SSSR count). The number of rotatable bonds is 6. The summed E-state index contributed by atoms with van der Waals surface area (Å²) in [6.07, 6.45) is 0. The van der Waals surface area contributed by atoms with Crippen LogP contribution in [0.5, 0.6) is 0 Å². The lowest BCUT2D eigenvalue weighted by molar-refractivity contribution is -0.149. The van der Waals surface area contributed by atoms with Crippen molar-refractivity contribution in [2.45, 2.75) is 19.9 Å². The van der Waals surface area contributed by atoms with Crippen LogP contribution in [-0.4, -0.2) is 72.9 Å². The highest BCUT2D eigenvalue weighted by atomic mass is 16.5. The van der Waals surface area contributed by atoms with E-state index in [1.807, 2.05) is 4.90 Å². The molecular weight excluding hydrogens is 208 g/mol. The van der Waals surface area contributed by atoms with Crippen molar-refractivity contribution in [3.63, 3.8) is 0 Å². The topological polar surface area (TPSA) is 53.0 Å². The molecule has 0 aromatic heterocycles. The zero-order valence-corrected chi connectivity index (χ0v) is 10.2. The number of carbonyl (C=O) groups is 1. The first-order valence-corrected chi connectivity index (χ1v) is 5.96. The summed E-state index contributed by atoms with van der Waals surface area (Å²) < 4.78 is 5.20. The summed E-state index contributed by atoms with van der Waals surface area (Å²) in [7, 11) is 0. The van der Waals surface area contributed by atoms with Crippen molar-refractivity contribution >= 4 is 5.97 Å². The van der Waals surface area contributed by atoms with Gasteiger partial charge in [-0.2, -0.15) is 0 Å². The van der Waals surface area contributed by atoms with E-state index in [4.69, 9.17) is 9.84 Å². The van der Waals surface area contributed by atoms with Crippen molar-refractivity contribution in [2.24, 2.45) is 0 Å². The van der Waals surface area contributed by atoms with Crippen LogP contribution in [0.3, 0.4) is 0 Å². The largest absolute Gasteiger partial charge is 0.480 e. The van der Waals surface area contributed by atoms with Crippen molar-refractivity contribution in [1.29, 1.82) is 0 Å². The fourth-order valence-corrected chi connectivity index (χ4v) is 1.94. The van der Waals surface area contributed by atoms with E-state index in [2.05, 4.69) is 18.7 Å². The van der Waals surface area contributed by atoms with Gasteiger partial charge in [-0.05, 0) is 13.1 Å². The first kappa shape index (κ1) is 13.4. The van der Waals surface area contributed by atoms with Crippen LogP contribution in [0.2, 0.25) is 0 Å². The van der Waals surface area contributed by atoms with Crippen molar-refractivity contribution in [2.75, 3.05) is 45.9 Å². The second kappa shape index (κ2) is 6.83. The molecule has 1 N–H and O–H groups in total. The maximum atomic E-state index is 11.0. The molecule has 1 saturated heterocycles. The van der Waals surface area contributed by atoms with E-state index >= 15 is 0 Å². The smallest absolute Gasteiger partial charge is 0.323 e. The Morgan fingerprint density at radius 1 is 1.50 bits per heavy atom. The molecule has 0 bridgehead atoms. The third-order valence-electron chi connectivity index (χ3n) is 3.12. The summed E-state index contributed by atoms with van der Waals surface area (Å²) >= 11 is 0. The van der Waals surface area contributed by atoms with Gasteiger partial charge in [0.25, 0.3) is 0 Å². The molecule has 1 atom stereocenters. The van der Waals surface area contributed by atoms with Gasteiger partial charge in [0.15, 0.2) is 0 Å². The normalized spacial score (nSPS) is 22.6. The maximum Gasteiger partial charge on any atom is 0.323 e. The Kier molecular flexibility index (Phi) is 5.73. The highest BCUT2D eigenvalue weighted by molar-refractivity contribution is 5.73. The standard InChI is InChI=1S/C11H22N2O3/c1-3-12(4-2)5-6-13-7-8-16-9-10(13)11(14)15/h10H,3-9H2,1-2H3,(H,14,15). The van der Waals surface area contributed by atoms with Crippen LogP contribution < -0.4 is 0 Å². The third-order valence-corrected chi connectivity index (χ3v) is 3.12. The first-order chi connectivity index (χ1) is 7.69. The van der Waals surface area contributed by atoms with Crippen LogP contribution in [0.4, 0.5) is 0 Å². The average molecular weight is 230 g/mol. The van der Waals surface area contributed by atoms with E-state index in [-0.39, 0.29) is 0 Å². The molecule has 94 valence electrons. The molecule has 0 aromatic carbocycles. The minimum Gasteiger partial charge on any atom is -0.480 e. The Morgan fingerprint density at radius 2 is 2.19 bits per heavy atom. The van der Waals surface area contributed by atoms with Crippen LogP contribution in [0.15, 0.2) is 0 Å². The third kappa shape index (κ3) is 3.73. The van der Waals surface area contributed by atoms with Crippen LogP contribution in [0.1, 0.15) is 13.8 Å². The molecular formula is C11H22N2O3. The number of hydrogen-bond donors (Lipinski definition) is 1. The van der Waals surface area contributed by atoms with Crippen LogP contribution >= 0.6 is 0 Å². The summed E-state index contributed by atoms with van der Waals surface area (Å²) in [5.41, 5.74) is 0. The second-order valence-corrected chi connectivity index (χ2v) is 3.99. The van der Waals surface area contributed by atoms with E-state index in [0.717, 1.165) is 32.7 Å². The van der Waals surface area contributed by atoms with Gasteiger partial charge in [0.05, 0.1) is 13.2 Å². The maximum absolute atomic E-state index is 11.0. The summed E-state index contributed by atoms with van der Waals surface area (Å²) in [6.45, 7) is 9.68. The minimum atomic E-state index is -0.778. The van der Waals surface area contributed by atoms with Crippen LogP contribution in [0.25, 0.3) is 0 Å². The molecule has 5 heteroatoms.